The molecule has 0 saturated carbocycles. The Bertz CT molecular complexity index is 1040. The monoisotopic (exact) mass is 482 g/mol. The van der Waals surface area contributed by atoms with Crippen LogP contribution in [-0.2, 0) is 10.8 Å². The van der Waals surface area contributed by atoms with E-state index in [2.05, 4.69) is 116 Å². The number of thiophene rings is 2. The lowest BCUT2D eigenvalue weighted by Crippen LogP contribution is -2.11. The Morgan fingerprint density at radius 1 is 0.719 bits per heavy atom. The Morgan fingerprint density at radius 3 is 1.91 bits per heavy atom. The van der Waals surface area contributed by atoms with Crippen LogP contribution in [0.15, 0.2) is 48.5 Å². The molecule has 4 unspecified atom stereocenters. The van der Waals surface area contributed by atoms with Gasteiger partial charge in [0.1, 0.15) is 0 Å². The van der Waals surface area contributed by atoms with Crippen LogP contribution in [0.1, 0.15) is 92.5 Å². The molecule has 2 aromatic heterocycles. The lowest BCUT2D eigenvalue weighted by atomic mass is 9.85. The summed E-state index contributed by atoms with van der Waals surface area (Å²) in [7, 11) is 0. The van der Waals surface area contributed by atoms with Crippen LogP contribution < -0.4 is 0 Å². The fourth-order valence-corrected chi connectivity index (χ4v) is 9.47. The molecule has 0 N–H and O–H groups in total. The van der Waals surface area contributed by atoms with E-state index in [1.165, 1.54) is 27.3 Å². The smallest absolute Gasteiger partial charge is 0.0429 e. The molecule has 0 amide bonds. The summed E-state index contributed by atoms with van der Waals surface area (Å²) in [6.07, 6.45) is 1.25. The highest BCUT2D eigenvalue weighted by Crippen LogP contribution is 2.62. The van der Waals surface area contributed by atoms with Gasteiger partial charge in [-0.15, -0.1) is 34.4 Å². The van der Waals surface area contributed by atoms with E-state index in [1.54, 1.807) is 9.75 Å². The van der Waals surface area contributed by atoms with E-state index in [1.807, 2.05) is 22.7 Å². The molecule has 1 aliphatic heterocycles. The van der Waals surface area contributed by atoms with Crippen molar-refractivity contribution in [1.29, 1.82) is 0 Å². The van der Waals surface area contributed by atoms with Crippen LogP contribution in [0.5, 0.6) is 0 Å². The molecule has 172 valence electrons. The fourth-order valence-electron chi connectivity index (χ4n) is 4.78. The Labute approximate surface area is 207 Å². The van der Waals surface area contributed by atoms with Crippen molar-refractivity contribution in [1.82, 2.24) is 0 Å². The minimum Gasteiger partial charge on any atom is -0.144 e. The number of thioether (sulfide) groups is 1. The van der Waals surface area contributed by atoms with Gasteiger partial charge < -0.3 is 0 Å². The summed E-state index contributed by atoms with van der Waals surface area (Å²) in [5, 5.41) is 1.22. The zero-order valence-electron chi connectivity index (χ0n) is 20.9. The van der Waals surface area contributed by atoms with Crippen molar-refractivity contribution in [2.75, 3.05) is 0 Å². The maximum atomic E-state index is 2.49. The van der Waals surface area contributed by atoms with Crippen LogP contribution in [0.4, 0.5) is 0 Å². The molecule has 3 heterocycles. The second kappa shape index (κ2) is 8.96. The van der Waals surface area contributed by atoms with Crippen LogP contribution in [0.3, 0.4) is 0 Å². The molecule has 1 aliphatic rings. The number of rotatable bonds is 4. The summed E-state index contributed by atoms with van der Waals surface area (Å²) in [6, 6.07) is 18.7. The molecule has 32 heavy (non-hydrogen) atoms. The highest BCUT2D eigenvalue weighted by atomic mass is 32.2. The SMILES string of the molecule is CCC1C(c2ccc(-c3ccc(C(C)(C)C)cc3)s2)SC(c2ccc(C(C)(C)C)s2)C1C. The van der Waals surface area contributed by atoms with E-state index in [0.717, 1.165) is 5.92 Å². The van der Waals surface area contributed by atoms with Gasteiger partial charge in [0.05, 0.1) is 0 Å². The largest absolute Gasteiger partial charge is 0.144 e. The average molecular weight is 483 g/mol. The van der Waals surface area contributed by atoms with Crippen molar-refractivity contribution in [3.63, 3.8) is 0 Å². The molecular formula is C29H38S3. The highest BCUT2D eigenvalue weighted by molar-refractivity contribution is 8.00. The lowest BCUT2D eigenvalue weighted by Gasteiger charge is -2.20. The zero-order valence-corrected chi connectivity index (χ0v) is 23.3. The topological polar surface area (TPSA) is 0 Å². The zero-order chi connectivity index (χ0) is 23.3. The van der Waals surface area contributed by atoms with Crippen LogP contribution >= 0.6 is 34.4 Å². The third kappa shape index (κ3) is 4.76. The van der Waals surface area contributed by atoms with Gasteiger partial charge >= 0.3 is 0 Å². The van der Waals surface area contributed by atoms with Crippen LogP contribution in [0.2, 0.25) is 0 Å². The van der Waals surface area contributed by atoms with E-state index in [9.17, 15) is 0 Å². The van der Waals surface area contributed by atoms with Gasteiger partial charge in [-0.2, -0.15) is 0 Å². The third-order valence-electron chi connectivity index (χ3n) is 6.90. The van der Waals surface area contributed by atoms with Crippen molar-refractivity contribution < 1.29 is 0 Å². The second-order valence-electron chi connectivity index (χ2n) is 11.4. The number of hydrogen-bond donors (Lipinski definition) is 0. The molecule has 1 saturated heterocycles. The first-order valence-corrected chi connectivity index (χ1v) is 14.5. The van der Waals surface area contributed by atoms with Crippen LogP contribution in [0, 0.1) is 11.8 Å². The molecule has 0 spiro atoms. The molecule has 0 nitrogen and oxygen atoms in total. The molecule has 0 bridgehead atoms. The summed E-state index contributed by atoms with van der Waals surface area (Å²) in [6.45, 7) is 18.7. The molecule has 3 heteroatoms. The highest BCUT2D eigenvalue weighted by Gasteiger charge is 2.43. The molecule has 0 radical (unpaired) electrons. The Hall–Kier alpha value is -1.03. The van der Waals surface area contributed by atoms with Crippen molar-refractivity contribution >= 4 is 34.4 Å². The minimum absolute atomic E-state index is 0.202. The first kappa shape index (κ1) is 24.1. The van der Waals surface area contributed by atoms with E-state index in [4.69, 9.17) is 0 Å². The van der Waals surface area contributed by atoms with Gasteiger partial charge in [-0.25, -0.2) is 0 Å². The number of hydrogen-bond acceptors (Lipinski definition) is 3. The lowest BCUT2D eigenvalue weighted by molar-refractivity contribution is 0.363. The van der Waals surface area contributed by atoms with Crippen LogP contribution in [-0.4, -0.2) is 0 Å². The van der Waals surface area contributed by atoms with Crippen molar-refractivity contribution in [2.45, 2.75) is 83.1 Å². The molecule has 4 atom stereocenters. The first-order valence-electron chi connectivity index (χ1n) is 12.0. The molecule has 1 aromatic carbocycles. The fraction of sp³-hybridized carbons (Fsp3) is 0.517. The summed E-state index contributed by atoms with van der Waals surface area (Å²) in [5.41, 5.74) is 3.19. The van der Waals surface area contributed by atoms with E-state index >= 15 is 0 Å². The van der Waals surface area contributed by atoms with Gasteiger partial charge in [-0.1, -0.05) is 86.1 Å². The van der Waals surface area contributed by atoms with E-state index in [-0.39, 0.29) is 10.8 Å². The van der Waals surface area contributed by atoms with Gasteiger partial charge in [0.25, 0.3) is 0 Å². The number of benzene rings is 1. The summed E-state index contributed by atoms with van der Waals surface area (Å²) >= 11 is 6.26. The van der Waals surface area contributed by atoms with Gasteiger partial charge in [-0.3, -0.25) is 0 Å². The van der Waals surface area contributed by atoms with Crippen molar-refractivity contribution in [3.8, 4) is 10.4 Å². The average Bonchev–Trinajstić information content (AvgIpc) is 3.45. The predicted molar refractivity (Wildman–Crippen MR) is 147 cm³/mol. The van der Waals surface area contributed by atoms with Gasteiger partial charge in [0.15, 0.2) is 0 Å². The maximum absolute atomic E-state index is 2.49. The normalized spacial score (nSPS) is 24.2. The summed E-state index contributed by atoms with van der Waals surface area (Å²) < 4.78 is 0. The predicted octanol–water partition coefficient (Wildman–Crippen LogP) is 10.3. The quantitative estimate of drug-likeness (QED) is 0.356. The van der Waals surface area contributed by atoms with E-state index < -0.39 is 0 Å². The second-order valence-corrected chi connectivity index (χ2v) is 14.9. The van der Waals surface area contributed by atoms with Gasteiger partial charge in [-0.05, 0) is 58.1 Å². The Kier molecular flexibility index (Phi) is 6.75. The molecular weight excluding hydrogens is 445 g/mol. The first-order chi connectivity index (χ1) is 15.0. The third-order valence-corrected chi connectivity index (χ3v) is 11.9. The van der Waals surface area contributed by atoms with E-state index in [0.29, 0.717) is 16.4 Å². The Morgan fingerprint density at radius 2 is 1.34 bits per heavy atom. The Balaban J connectivity index is 1.57. The molecule has 4 rings (SSSR count). The molecule has 0 aliphatic carbocycles. The maximum Gasteiger partial charge on any atom is 0.0429 e. The minimum atomic E-state index is 0.202. The summed E-state index contributed by atoms with van der Waals surface area (Å²) in [5.74, 6) is 1.44. The summed E-state index contributed by atoms with van der Waals surface area (Å²) in [4.78, 5) is 6.04. The van der Waals surface area contributed by atoms with Crippen molar-refractivity contribution in [2.24, 2.45) is 11.8 Å². The van der Waals surface area contributed by atoms with Crippen molar-refractivity contribution in [3.05, 3.63) is 68.7 Å². The molecule has 1 fully saturated rings. The van der Waals surface area contributed by atoms with Crippen LogP contribution in [0.25, 0.3) is 10.4 Å². The van der Waals surface area contributed by atoms with Gasteiger partial charge in [0.2, 0.25) is 0 Å². The standard InChI is InChI=1S/C29H38S3/c1-9-21-18(2)26(23-16-17-25(31-23)29(6,7)8)32-27(21)24-15-14-22(30-24)19-10-12-20(13-11-19)28(3,4)5/h10-18,21,26-27H,9H2,1-8H3. The van der Waals surface area contributed by atoms with Gasteiger partial charge in [0, 0.05) is 30.0 Å². The molecule has 3 aromatic rings.